The van der Waals surface area contributed by atoms with Crippen molar-refractivity contribution in [3.05, 3.63) is 117 Å². The zero-order valence-corrected chi connectivity index (χ0v) is 18.7. The number of hydrogen-bond acceptors (Lipinski definition) is 4. The van der Waals surface area contributed by atoms with Gasteiger partial charge < -0.3 is 12.4 Å². The summed E-state index contributed by atoms with van der Waals surface area (Å²) in [4.78, 5) is 8.68. The molecule has 6 nitrogen and oxygen atoms in total. The minimum absolute atomic E-state index is 0. The van der Waals surface area contributed by atoms with Crippen molar-refractivity contribution in [2.75, 3.05) is 0 Å². The van der Waals surface area contributed by atoms with E-state index in [4.69, 9.17) is 0 Å². The second-order valence-corrected chi connectivity index (χ2v) is 5.75. The number of benzene rings is 1. The molecule has 0 bridgehead atoms. The Morgan fingerprint density at radius 1 is 0.667 bits per heavy atom. The van der Waals surface area contributed by atoms with Crippen molar-refractivity contribution in [1.29, 1.82) is 0 Å². The van der Waals surface area contributed by atoms with Gasteiger partial charge in [0.15, 0.2) is 11.6 Å². The molecule has 0 aliphatic rings. The Hall–Kier alpha value is -3.41. The van der Waals surface area contributed by atoms with Crippen LogP contribution in [0.2, 0.25) is 0 Å². The fourth-order valence-corrected chi connectivity index (χ4v) is 2.55. The van der Waals surface area contributed by atoms with E-state index in [-0.39, 0.29) is 27.5 Å². The Balaban J connectivity index is 0.000000207. The van der Waals surface area contributed by atoms with E-state index in [0.29, 0.717) is 0 Å². The van der Waals surface area contributed by atoms with E-state index in [1.165, 1.54) is 0 Å². The van der Waals surface area contributed by atoms with Crippen molar-refractivity contribution in [1.82, 2.24) is 29.5 Å². The third-order valence-corrected chi connectivity index (χ3v) is 3.85. The van der Waals surface area contributed by atoms with Crippen molar-refractivity contribution < 1.29 is 20.1 Å². The van der Waals surface area contributed by atoms with Gasteiger partial charge in [-0.3, -0.25) is 0 Å². The molecular weight excluding hydrogens is 553 g/mol. The fourth-order valence-electron chi connectivity index (χ4n) is 2.55. The van der Waals surface area contributed by atoms with Gasteiger partial charge >= 0.3 is 0 Å². The normalized spacial score (nSPS) is 9.47. The van der Waals surface area contributed by atoms with E-state index in [1.54, 1.807) is 28.0 Å². The largest absolute Gasteiger partial charge is 0.358 e. The van der Waals surface area contributed by atoms with Gasteiger partial charge in [0, 0.05) is 51.1 Å². The molecular formula is C23H20IrN6-2. The maximum Gasteiger partial charge on any atom is 0.155 e. The zero-order chi connectivity index (χ0) is 19.0. The summed E-state index contributed by atoms with van der Waals surface area (Å²) in [6, 6.07) is 26.3. The summed E-state index contributed by atoms with van der Waals surface area (Å²) in [5, 5.41) is 8.27. The van der Waals surface area contributed by atoms with Gasteiger partial charge in [0.05, 0.1) is 0 Å². The van der Waals surface area contributed by atoms with E-state index >= 15 is 0 Å². The minimum atomic E-state index is 0. The smallest absolute Gasteiger partial charge is 0.155 e. The first-order valence-corrected chi connectivity index (χ1v) is 8.75. The van der Waals surface area contributed by atoms with Crippen molar-refractivity contribution >= 4 is 0 Å². The Kier molecular flexibility index (Phi) is 8.81. The van der Waals surface area contributed by atoms with Gasteiger partial charge in [-0.15, -0.1) is 35.9 Å². The molecule has 7 heteroatoms. The third kappa shape index (κ3) is 5.80. The summed E-state index contributed by atoms with van der Waals surface area (Å²) in [6.45, 7) is 0. The standard InChI is InChI=1S/C11H9N5.C11H8N.CH3.Ir/c1-4-10(15-8-2-6-12-15)14-11(5-1)16-9-3-7-13-16;1-2-6-10(7-3-1)11-8-4-5-9-12-11;;/h1-9H;1-6,8-9H;1H3;/q;2*-1;. The van der Waals surface area contributed by atoms with Crippen molar-refractivity contribution in [3.63, 3.8) is 0 Å². The molecule has 4 heterocycles. The van der Waals surface area contributed by atoms with Crippen LogP contribution in [-0.4, -0.2) is 29.5 Å². The van der Waals surface area contributed by atoms with Crippen LogP contribution in [0.4, 0.5) is 0 Å². The van der Waals surface area contributed by atoms with E-state index in [9.17, 15) is 0 Å². The number of aromatic nitrogens is 6. The molecule has 0 saturated carbocycles. The first-order chi connectivity index (χ1) is 13.9. The van der Waals surface area contributed by atoms with Crippen molar-refractivity contribution in [2.24, 2.45) is 0 Å². The molecule has 5 rings (SSSR count). The minimum Gasteiger partial charge on any atom is -0.358 e. The molecule has 0 atom stereocenters. The summed E-state index contributed by atoms with van der Waals surface area (Å²) in [5.74, 6) is 1.55. The molecule has 0 N–H and O–H groups in total. The van der Waals surface area contributed by atoms with Gasteiger partial charge in [0.25, 0.3) is 0 Å². The predicted molar refractivity (Wildman–Crippen MR) is 113 cm³/mol. The van der Waals surface area contributed by atoms with Gasteiger partial charge in [-0.2, -0.15) is 10.2 Å². The topological polar surface area (TPSA) is 61.4 Å². The number of nitrogens with zero attached hydrogens (tertiary/aromatic N) is 6. The van der Waals surface area contributed by atoms with Crippen LogP contribution in [0.25, 0.3) is 22.9 Å². The molecule has 0 amide bonds. The van der Waals surface area contributed by atoms with Crippen LogP contribution in [0.1, 0.15) is 0 Å². The molecule has 153 valence electrons. The van der Waals surface area contributed by atoms with Gasteiger partial charge in [0.1, 0.15) is 0 Å². The maximum atomic E-state index is 4.46. The molecule has 0 saturated heterocycles. The monoisotopic (exact) mass is 573 g/mol. The first-order valence-electron chi connectivity index (χ1n) is 8.75. The van der Waals surface area contributed by atoms with Crippen LogP contribution < -0.4 is 0 Å². The molecule has 0 aliphatic carbocycles. The number of hydrogen-bond donors (Lipinski definition) is 0. The molecule has 0 unspecified atom stereocenters. The number of pyridine rings is 2. The van der Waals surface area contributed by atoms with Gasteiger partial charge in [-0.1, -0.05) is 18.2 Å². The third-order valence-electron chi connectivity index (χ3n) is 3.85. The predicted octanol–water partition coefficient (Wildman–Crippen LogP) is 4.45. The summed E-state index contributed by atoms with van der Waals surface area (Å²) >= 11 is 0. The average molecular weight is 573 g/mol. The van der Waals surface area contributed by atoms with Crippen LogP contribution in [-0.2, 0) is 20.1 Å². The molecule has 0 spiro atoms. The zero-order valence-electron chi connectivity index (χ0n) is 16.3. The summed E-state index contributed by atoms with van der Waals surface area (Å²) in [7, 11) is 0. The second-order valence-electron chi connectivity index (χ2n) is 5.75. The molecule has 0 fully saturated rings. The van der Waals surface area contributed by atoms with Gasteiger partial charge in [0.2, 0.25) is 0 Å². The molecule has 4 aromatic heterocycles. The quantitative estimate of drug-likeness (QED) is 0.300. The summed E-state index contributed by atoms with van der Waals surface area (Å²) in [5.41, 5.74) is 2.01. The Morgan fingerprint density at radius 2 is 1.33 bits per heavy atom. The van der Waals surface area contributed by atoms with Crippen LogP contribution in [0, 0.1) is 13.5 Å². The molecule has 5 aromatic rings. The van der Waals surface area contributed by atoms with E-state index < -0.39 is 0 Å². The Labute approximate surface area is 189 Å². The van der Waals surface area contributed by atoms with Crippen LogP contribution in [0.3, 0.4) is 0 Å². The maximum absolute atomic E-state index is 4.46. The molecule has 0 aliphatic heterocycles. The van der Waals surface area contributed by atoms with Crippen molar-refractivity contribution in [3.8, 4) is 22.9 Å². The molecule has 1 radical (unpaired) electrons. The van der Waals surface area contributed by atoms with Gasteiger partial charge in [-0.25, -0.2) is 14.3 Å². The Bertz CT molecular complexity index is 1010. The SMILES string of the molecule is [CH3-].[Ir].[c-]1ccccc1-c1ccccn1.c1cc(-n2cccn2)nc(-n2cccn2)c1. The molecule has 1 aromatic carbocycles. The van der Waals surface area contributed by atoms with Crippen LogP contribution in [0.15, 0.2) is 104 Å². The van der Waals surface area contributed by atoms with Crippen LogP contribution in [0.5, 0.6) is 0 Å². The first kappa shape index (κ1) is 22.9. The second kappa shape index (κ2) is 11.6. The summed E-state index contributed by atoms with van der Waals surface area (Å²) in [6.07, 6.45) is 8.95. The van der Waals surface area contributed by atoms with E-state index in [1.807, 2.05) is 85.2 Å². The Morgan fingerprint density at radius 3 is 1.83 bits per heavy atom. The van der Waals surface area contributed by atoms with E-state index in [0.717, 1.165) is 22.9 Å². The van der Waals surface area contributed by atoms with Gasteiger partial charge in [-0.05, 0) is 36.0 Å². The molecule has 30 heavy (non-hydrogen) atoms. The van der Waals surface area contributed by atoms with Crippen molar-refractivity contribution in [2.45, 2.75) is 0 Å². The summed E-state index contributed by atoms with van der Waals surface area (Å²) < 4.78 is 3.43. The van der Waals surface area contributed by atoms with E-state index in [2.05, 4.69) is 26.2 Å². The number of rotatable bonds is 3. The average Bonchev–Trinajstić information content (AvgIpc) is 3.50. The van der Waals surface area contributed by atoms with Crippen LogP contribution >= 0.6 is 0 Å². The fraction of sp³-hybridized carbons (Fsp3) is 0.